The fourth-order valence-corrected chi connectivity index (χ4v) is 4.71. The smallest absolute Gasteiger partial charge is 0.325 e. The maximum atomic E-state index is 13.4. The number of anilines is 1. The molecule has 1 saturated carbocycles. The van der Waals surface area contributed by atoms with E-state index in [0.717, 1.165) is 43.0 Å². The Kier molecular flexibility index (Phi) is 6.41. The Hall–Kier alpha value is -2.67. The number of halogens is 1. The van der Waals surface area contributed by atoms with Crippen molar-refractivity contribution < 1.29 is 4.79 Å². The third-order valence-corrected chi connectivity index (χ3v) is 6.52. The predicted molar refractivity (Wildman–Crippen MR) is 127 cm³/mol. The van der Waals surface area contributed by atoms with Gasteiger partial charge in [0.25, 0.3) is 5.56 Å². The summed E-state index contributed by atoms with van der Waals surface area (Å²) < 4.78 is 3.56. The summed E-state index contributed by atoms with van der Waals surface area (Å²) in [6.45, 7) is 1.92. The van der Waals surface area contributed by atoms with Crippen LogP contribution in [0.2, 0.25) is 0 Å². The number of amides is 1. The number of benzene rings is 2. The van der Waals surface area contributed by atoms with Crippen molar-refractivity contribution in [1.82, 2.24) is 9.13 Å². The summed E-state index contributed by atoms with van der Waals surface area (Å²) in [6, 6.07) is 12.8. The maximum Gasteiger partial charge on any atom is 0.332 e. The topological polar surface area (TPSA) is 73.1 Å². The number of aromatic nitrogens is 2. The molecule has 0 unspecified atom stereocenters. The lowest BCUT2D eigenvalue weighted by Gasteiger charge is -2.24. The zero-order valence-corrected chi connectivity index (χ0v) is 19.2. The minimum Gasteiger partial charge on any atom is -0.325 e. The second kappa shape index (κ2) is 9.22. The van der Waals surface area contributed by atoms with Crippen LogP contribution in [0.4, 0.5) is 5.69 Å². The van der Waals surface area contributed by atoms with Gasteiger partial charge in [-0.2, -0.15) is 0 Å². The van der Waals surface area contributed by atoms with Crippen LogP contribution in [-0.2, 0) is 17.8 Å². The van der Waals surface area contributed by atoms with E-state index in [4.69, 9.17) is 0 Å². The van der Waals surface area contributed by atoms with E-state index in [1.165, 1.54) is 14.7 Å². The highest BCUT2D eigenvalue weighted by atomic mass is 79.9. The lowest BCUT2D eigenvalue weighted by molar-refractivity contribution is -0.116. The lowest BCUT2D eigenvalue weighted by Crippen LogP contribution is -2.44. The monoisotopic (exact) mass is 483 g/mol. The van der Waals surface area contributed by atoms with E-state index in [0.29, 0.717) is 16.6 Å². The lowest BCUT2D eigenvalue weighted by atomic mass is 9.95. The number of rotatable bonds is 5. The van der Waals surface area contributed by atoms with Gasteiger partial charge in [0.15, 0.2) is 0 Å². The van der Waals surface area contributed by atoms with Crippen molar-refractivity contribution in [2.75, 3.05) is 5.32 Å². The van der Waals surface area contributed by atoms with Crippen molar-refractivity contribution in [2.45, 2.75) is 58.0 Å². The van der Waals surface area contributed by atoms with Crippen molar-refractivity contribution >= 4 is 38.4 Å². The Morgan fingerprint density at radius 2 is 1.77 bits per heavy atom. The minimum atomic E-state index is -0.414. The molecule has 0 atom stereocenters. The normalized spacial score (nSPS) is 14.6. The SMILES string of the molecule is CCc1ccc(NC(=O)Cn2c(=O)n(C3CCCCC3)c(=O)c3cc(Br)ccc32)cc1. The van der Waals surface area contributed by atoms with E-state index in [9.17, 15) is 14.4 Å². The van der Waals surface area contributed by atoms with Crippen LogP contribution in [0, 0.1) is 0 Å². The highest BCUT2D eigenvalue weighted by Gasteiger charge is 2.23. The molecular formula is C24H26BrN3O3. The number of hydrogen-bond donors (Lipinski definition) is 1. The summed E-state index contributed by atoms with van der Waals surface area (Å²) in [5, 5.41) is 3.31. The minimum absolute atomic E-state index is 0.118. The number of nitrogens with zero attached hydrogens (tertiary/aromatic N) is 2. The molecule has 0 radical (unpaired) electrons. The molecule has 31 heavy (non-hydrogen) atoms. The molecule has 7 heteroatoms. The highest BCUT2D eigenvalue weighted by Crippen LogP contribution is 2.26. The molecule has 1 fully saturated rings. The van der Waals surface area contributed by atoms with Gasteiger partial charge in [0.05, 0.1) is 10.9 Å². The van der Waals surface area contributed by atoms with Crippen LogP contribution < -0.4 is 16.6 Å². The van der Waals surface area contributed by atoms with Crippen LogP contribution in [-0.4, -0.2) is 15.0 Å². The first kappa shape index (κ1) is 21.6. The molecule has 0 saturated heterocycles. The van der Waals surface area contributed by atoms with Crippen molar-refractivity contribution in [3.05, 3.63) is 73.3 Å². The Morgan fingerprint density at radius 3 is 2.45 bits per heavy atom. The molecule has 1 heterocycles. The third kappa shape index (κ3) is 4.51. The van der Waals surface area contributed by atoms with E-state index in [1.807, 2.05) is 24.3 Å². The molecule has 1 amide bonds. The van der Waals surface area contributed by atoms with Gasteiger partial charge < -0.3 is 5.32 Å². The van der Waals surface area contributed by atoms with Gasteiger partial charge in [-0.15, -0.1) is 0 Å². The van der Waals surface area contributed by atoms with Crippen LogP contribution in [0.15, 0.2) is 56.5 Å². The number of fused-ring (bicyclic) bond motifs is 1. The van der Waals surface area contributed by atoms with Gasteiger partial charge >= 0.3 is 5.69 Å². The van der Waals surface area contributed by atoms with Crippen LogP contribution in [0.3, 0.4) is 0 Å². The molecule has 162 valence electrons. The molecule has 6 nitrogen and oxygen atoms in total. The fraction of sp³-hybridized carbons (Fsp3) is 0.375. The summed E-state index contributed by atoms with van der Waals surface area (Å²) in [6.07, 6.45) is 5.67. The number of carbonyl (C=O) groups is 1. The Morgan fingerprint density at radius 1 is 1.06 bits per heavy atom. The van der Waals surface area contributed by atoms with Gasteiger partial charge in [-0.3, -0.25) is 18.7 Å². The summed E-state index contributed by atoms with van der Waals surface area (Å²) >= 11 is 3.42. The van der Waals surface area contributed by atoms with Crippen LogP contribution in [0.5, 0.6) is 0 Å². The van der Waals surface area contributed by atoms with E-state index >= 15 is 0 Å². The van der Waals surface area contributed by atoms with Crippen molar-refractivity contribution in [3.63, 3.8) is 0 Å². The Balaban J connectivity index is 1.74. The number of hydrogen-bond acceptors (Lipinski definition) is 3. The van der Waals surface area contributed by atoms with Gasteiger partial charge in [-0.25, -0.2) is 4.79 Å². The van der Waals surface area contributed by atoms with E-state index in [2.05, 4.69) is 28.2 Å². The molecular weight excluding hydrogens is 458 g/mol. The van der Waals surface area contributed by atoms with Gasteiger partial charge in [0.2, 0.25) is 5.91 Å². The molecule has 4 rings (SSSR count). The summed E-state index contributed by atoms with van der Waals surface area (Å²) in [5.41, 5.74) is 1.65. The first-order valence-corrected chi connectivity index (χ1v) is 11.6. The first-order valence-electron chi connectivity index (χ1n) is 10.8. The van der Waals surface area contributed by atoms with E-state index < -0.39 is 5.69 Å². The predicted octanol–water partition coefficient (Wildman–Crippen LogP) is 4.63. The molecule has 0 aliphatic heterocycles. The fourth-order valence-electron chi connectivity index (χ4n) is 4.35. The summed E-state index contributed by atoms with van der Waals surface area (Å²) in [7, 11) is 0. The molecule has 1 aromatic heterocycles. The zero-order chi connectivity index (χ0) is 22.0. The second-order valence-corrected chi connectivity index (χ2v) is 9.01. The first-order chi connectivity index (χ1) is 15.0. The van der Waals surface area contributed by atoms with Crippen molar-refractivity contribution in [2.24, 2.45) is 0 Å². The molecule has 2 aromatic carbocycles. The quantitative estimate of drug-likeness (QED) is 0.574. The number of carbonyl (C=O) groups excluding carboxylic acids is 1. The standard InChI is InChI=1S/C24H26BrN3O3/c1-2-16-8-11-18(12-9-16)26-22(29)15-27-21-13-10-17(25)14-20(21)23(30)28(24(27)31)19-6-4-3-5-7-19/h8-14,19H,2-7,15H2,1H3,(H,26,29). The van der Waals surface area contributed by atoms with Gasteiger partial charge in [0, 0.05) is 16.2 Å². The number of nitrogens with one attached hydrogen (secondary N) is 1. The number of aryl methyl sites for hydroxylation is 1. The van der Waals surface area contributed by atoms with Crippen molar-refractivity contribution in [1.29, 1.82) is 0 Å². The molecule has 0 bridgehead atoms. The van der Waals surface area contributed by atoms with Gasteiger partial charge in [-0.05, 0) is 55.2 Å². The highest BCUT2D eigenvalue weighted by molar-refractivity contribution is 9.10. The Labute approximate surface area is 189 Å². The molecule has 1 aliphatic rings. The van der Waals surface area contributed by atoms with Gasteiger partial charge in [0.1, 0.15) is 6.54 Å². The van der Waals surface area contributed by atoms with Crippen molar-refractivity contribution in [3.8, 4) is 0 Å². The van der Waals surface area contributed by atoms with Crippen LogP contribution >= 0.6 is 15.9 Å². The second-order valence-electron chi connectivity index (χ2n) is 8.10. The van der Waals surface area contributed by atoms with Crippen LogP contribution in [0.25, 0.3) is 10.9 Å². The summed E-state index contributed by atoms with van der Waals surface area (Å²) in [4.78, 5) is 39.4. The van der Waals surface area contributed by atoms with Gasteiger partial charge in [-0.1, -0.05) is 54.2 Å². The summed E-state index contributed by atoms with van der Waals surface area (Å²) in [5.74, 6) is -0.301. The largest absolute Gasteiger partial charge is 0.332 e. The molecule has 1 N–H and O–H groups in total. The zero-order valence-electron chi connectivity index (χ0n) is 17.6. The molecule has 3 aromatic rings. The molecule has 1 aliphatic carbocycles. The average molecular weight is 484 g/mol. The van der Waals surface area contributed by atoms with E-state index in [-0.39, 0.29) is 24.1 Å². The van der Waals surface area contributed by atoms with Crippen LogP contribution in [0.1, 0.15) is 50.6 Å². The average Bonchev–Trinajstić information content (AvgIpc) is 2.78. The maximum absolute atomic E-state index is 13.4. The third-order valence-electron chi connectivity index (χ3n) is 6.02. The molecule has 0 spiro atoms. The Bertz CT molecular complexity index is 1220. The van der Waals surface area contributed by atoms with E-state index in [1.54, 1.807) is 18.2 Å².